The van der Waals surface area contributed by atoms with Crippen LogP contribution in [0.15, 0.2) is 66.9 Å². The van der Waals surface area contributed by atoms with Gasteiger partial charge in [-0.25, -0.2) is 4.39 Å². The number of alkyl halides is 3. The SMILES string of the molecule is Cc1ccc(C(C)(Cc2ccccc2)c2cccc(C(F)(F)F)c2F)nc1. The van der Waals surface area contributed by atoms with E-state index in [1.54, 1.807) is 19.2 Å². The van der Waals surface area contributed by atoms with Crippen LogP contribution in [0.4, 0.5) is 17.6 Å². The molecule has 0 N–H and O–H groups in total. The summed E-state index contributed by atoms with van der Waals surface area (Å²) < 4.78 is 54.7. The third-order valence-corrected chi connectivity index (χ3v) is 4.78. The van der Waals surface area contributed by atoms with Crippen LogP contribution in [-0.4, -0.2) is 4.98 Å². The molecule has 0 saturated carbocycles. The first-order valence-electron chi connectivity index (χ1n) is 8.55. The van der Waals surface area contributed by atoms with Gasteiger partial charge >= 0.3 is 6.18 Å². The average Bonchev–Trinajstić information content (AvgIpc) is 2.62. The molecular weight excluding hydrogens is 354 g/mol. The summed E-state index contributed by atoms with van der Waals surface area (Å²) in [5.41, 5.74) is 0.00374. The van der Waals surface area contributed by atoms with Gasteiger partial charge in [0.15, 0.2) is 0 Å². The van der Waals surface area contributed by atoms with Crippen LogP contribution >= 0.6 is 0 Å². The summed E-state index contributed by atoms with van der Waals surface area (Å²) in [7, 11) is 0. The topological polar surface area (TPSA) is 12.9 Å². The zero-order chi connectivity index (χ0) is 19.7. The van der Waals surface area contributed by atoms with Crippen LogP contribution in [0, 0.1) is 12.7 Å². The zero-order valence-electron chi connectivity index (χ0n) is 15.0. The van der Waals surface area contributed by atoms with Crippen LogP contribution < -0.4 is 0 Å². The number of halogens is 4. The molecule has 1 heterocycles. The van der Waals surface area contributed by atoms with Gasteiger partial charge in [0.25, 0.3) is 0 Å². The Hall–Kier alpha value is -2.69. The highest BCUT2D eigenvalue weighted by Crippen LogP contribution is 2.40. The van der Waals surface area contributed by atoms with E-state index >= 15 is 0 Å². The van der Waals surface area contributed by atoms with E-state index in [1.807, 2.05) is 43.3 Å². The van der Waals surface area contributed by atoms with Crippen LogP contribution in [0.2, 0.25) is 0 Å². The normalized spacial score (nSPS) is 14.0. The molecule has 5 heteroatoms. The largest absolute Gasteiger partial charge is 0.419 e. The molecule has 2 aromatic carbocycles. The summed E-state index contributed by atoms with van der Waals surface area (Å²) in [6.45, 7) is 3.60. The maximum Gasteiger partial charge on any atom is 0.419 e. The lowest BCUT2D eigenvalue weighted by atomic mass is 9.73. The molecule has 1 nitrogen and oxygen atoms in total. The quantitative estimate of drug-likeness (QED) is 0.504. The fraction of sp³-hybridized carbons (Fsp3) is 0.227. The summed E-state index contributed by atoms with van der Waals surface area (Å²) in [5, 5.41) is 0. The van der Waals surface area contributed by atoms with Crippen molar-refractivity contribution in [3.63, 3.8) is 0 Å². The Balaban J connectivity index is 2.20. The molecular formula is C22H19F4N. The first-order chi connectivity index (χ1) is 12.7. The highest BCUT2D eigenvalue weighted by Gasteiger charge is 2.40. The minimum absolute atomic E-state index is 0.0162. The van der Waals surface area contributed by atoms with Gasteiger partial charge in [-0.3, -0.25) is 4.98 Å². The fourth-order valence-corrected chi connectivity index (χ4v) is 3.30. The number of nitrogens with zero attached hydrogens (tertiary/aromatic N) is 1. The average molecular weight is 373 g/mol. The number of hydrogen-bond acceptors (Lipinski definition) is 1. The van der Waals surface area contributed by atoms with Crippen LogP contribution in [0.5, 0.6) is 0 Å². The van der Waals surface area contributed by atoms with Gasteiger partial charge in [-0.2, -0.15) is 13.2 Å². The second-order valence-corrected chi connectivity index (χ2v) is 6.88. The number of hydrogen-bond donors (Lipinski definition) is 0. The molecule has 0 fully saturated rings. The molecule has 3 rings (SSSR count). The Bertz CT molecular complexity index is 917. The predicted octanol–water partition coefficient (Wildman–Crippen LogP) is 6.10. The molecule has 0 aliphatic carbocycles. The molecule has 0 aliphatic heterocycles. The Morgan fingerprint density at radius 2 is 1.52 bits per heavy atom. The molecule has 0 radical (unpaired) electrons. The van der Waals surface area contributed by atoms with Gasteiger partial charge in [0.1, 0.15) is 5.82 Å². The van der Waals surface area contributed by atoms with Gasteiger partial charge in [0.05, 0.1) is 11.3 Å². The van der Waals surface area contributed by atoms with Gasteiger partial charge in [0.2, 0.25) is 0 Å². The second kappa shape index (κ2) is 7.14. The fourth-order valence-electron chi connectivity index (χ4n) is 3.30. The summed E-state index contributed by atoms with van der Waals surface area (Å²) >= 11 is 0. The van der Waals surface area contributed by atoms with Crippen molar-refractivity contribution in [3.05, 3.63) is 101 Å². The smallest absolute Gasteiger partial charge is 0.260 e. The van der Waals surface area contributed by atoms with Crippen molar-refractivity contribution in [1.82, 2.24) is 4.98 Å². The number of pyridine rings is 1. The van der Waals surface area contributed by atoms with Gasteiger partial charge in [-0.15, -0.1) is 0 Å². The highest BCUT2D eigenvalue weighted by atomic mass is 19.4. The van der Waals surface area contributed by atoms with Crippen molar-refractivity contribution in [2.24, 2.45) is 0 Å². The minimum Gasteiger partial charge on any atom is -0.260 e. The summed E-state index contributed by atoms with van der Waals surface area (Å²) in [4.78, 5) is 4.41. The Kier molecular flexibility index (Phi) is 5.05. The first-order valence-corrected chi connectivity index (χ1v) is 8.55. The molecule has 0 spiro atoms. The summed E-state index contributed by atoms with van der Waals surface area (Å²) in [6, 6.07) is 16.3. The summed E-state index contributed by atoms with van der Waals surface area (Å²) in [5.74, 6) is -1.24. The molecule has 140 valence electrons. The van der Waals surface area contributed by atoms with Crippen molar-refractivity contribution in [1.29, 1.82) is 0 Å². The Morgan fingerprint density at radius 3 is 2.11 bits per heavy atom. The molecule has 0 saturated heterocycles. The molecule has 0 bridgehead atoms. The lowest BCUT2D eigenvalue weighted by Crippen LogP contribution is -2.30. The highest BCUT2D eigenvalue weighted by molar-refractivity contribution is 5.42. The number of rotatable bonds is 4. The molecule has 1 atom stereocenters. The van der Waals surface area contributed by atoms with Crippen molar-refractivity contribution < 1.29 is 17.6 Å². The van der Waals surface area contributed by atoms with E-state index in [0.29, 0.717) is 12.1 Å². The Labute approximate surface area is 155 Å². The minimum atomic E-state index is -4.76. The van der Waals surface area contributed by atoms with E-state index in [9.17, 15) is 17.6 Å². The van der Waals surface area contributed by atoms with E-state index < -0.39 is 23.0 Å². The number of aromatic nitrogens is 1. The molecule has 0 aliphatic rings. The van der Waals surface area contributed by atoms with Gasteiger partial charge in [0, 0.05) is 17.2 Å². The lowest BCUT2D eigenvalue weighted by molar-refractivity contribution is -0.140. The number of aryl methyl sites for hydroxylation is 1. The van der Waals surface area contributed by atoms with Crippen molar-refractivity contribution in [2.75, 3.05) is 0 Å². The number of benzene rings is 2. The van der Waals surface area contributed by atoms with Crippen molar-refractivity contribution in [2.45, 2.75) is 31.9 Å². The lowest BCUT2D eigenvalue weighted by Gasteiger charge is -2.31. The van der Waals surface area contributed by atoms with Crippen molar-refractivity contribution >= 4 is 0 Å². The van der Waals surface area contributed by atoms with Gasteiger partial charge in [-0.05, 0) is 43.5 Å². The van der Waals surface area contributed by atoms with Gasteiger partial charge in [-0.1, -0.05) is 48.5 Å². The molecule has 27 heavy (non-hydrogen) atoms. The first kappa shape index (κ1) is 19.1. The monoisotopic (exact) mass is 373 g/mol. The van der Waals surface area contributed by atoms with Crippen LogP contribution in [0.3, 0.4) is 0 Å². The van der Waals surface area contributed by atoms with E-state index in [-0.39, 0.29) is 5.56 Å². The Morgan fingerprint density at radius 1 is 0.852 bits per heavy atom. The van der Waals surface area contributed by atoms with Crippen molar-refractivity contribution in [3.8, 4) is 0 Å². The standard InChI is InChI=1S/C22H19F4N/c1-15-11-12-19(27-14-15)21(2,13-16-7-4-3-5-8-16)17-9-6-10-18(20(17)23)22(24,25)26/h3-12,14H,13H2,1-2H3. The van der Waals surface area contributed by atoms with E-state index in [2.05, 4.69) is 4.98 Å². The van der Waals surface area contributed by atoms with E-state index in [1.165, 1.54) is 12.1 Å². The maximum absolute atomic E-state index is 15.0. The summed E-state index contributed by atoms with van der Waals surface area (Å²) in [6.07, 6.45) is -2.79. The third-order valence-electron chi connectivity index (χ3n) is 4.78. The van der Waals surface area contributed by atoms with Crippen LogP contribution in [0.1, 0.15) is 34.9 Å². The zero-order valence-corrected chi connectivity index (χ0v) is 15.0. The second-order valence-electron chi connectivity index (χ2n) is 6.88. The van der Waals surface area contributed by atoms with E-state index in [4.69, 9.17) is 0 Å². The van der Waals surface area contributed by atoms with E-state index in [0.717, 1.165) is 17.2 Å². The molecule has 1 aromatic heterocycles. The van der Waals surface area contributed by atoms with Crippen LogP contribution in [-0.2, 0) is 18.0 Å². The van der Waals surface area contributed by atoms with Gasteiger partial charge < -0.3 is 0 Å². The molecule has 1 unspecified atom stereocenters. The van der Waals surface area contributed by atoms with Crippen LogP contribution in [0.25, 0.3) is 0 Å². The predicted molar refractivity (Wildman–Crippen MR) is 97.0 cm³/mol. The molecule has 0 amide bonds. The molecule has 3 aromatic rings. The third kappa shape index (κ3) is 3.87. The maximum atomic E-state index is 15.0.